The van der Waals surface area contributed by atoms with Crippen molar-refractivity contribution in [3.05, 3.63) is 58.9 Å². The van der Waals surface area contributed by atoms with Crippen molar-refractivity contribution in [3.63, 3.8) is 0 Å². The smallest absolute Gasteiger partial charge is 0.194 e. The van der Waals surface area contributed by atoms with Crippen LogP contribution in [0.3, 0.4) is 0 Å². The van der Waals surface area contributed by atoms with Crippen molar-refractivity contribution in [2.75, 3.05) is 11.4 Å². The first-order valence-corrected chi connectivity index (χ1v) is 9.33. The van der Waals surface area contributed by atoms with Crippen molar-refractivity contribution in [1.29, 1.82) is 5.26 Å². The van der Waals surface area contributed by atoms with Crippen LogP contribution in [0.15, 0.2) is 52.6 Å². The fraction of sp³-hybridized carbons (Fsp3) is 0.250. The van der Waals surface area contributed by atoms with Crippen molar-refractivity contribution >= 4 is 34.6 Å². The van der Waals surface area contributed by atoms with Gasteiger partial charge in [-0.05, 0) is 18.6 Å². The molecule has 0 fully saturated rings. The van der Waals surface area contributed by atoms with Gasteiger partial charge in [0, 0.05) is 5.56 Å². The highest BCUT2D eigenvalue weighted by atomic mass is 35.5. The number of nitrogens with zero attached hydrogens (tertiary/aromatic N) is 5. The average molecular weight is 393 g/mol. The molecule has 0 bridgehead atoms. The molecule has 1 aromatic heterocycles. The predicted octanol–water partition coefficient (Wildman–Crippen LogP) is 2.75. The van der Waals surface area contributed by atoms with Crippen LogP contribution < -0.4 is 10.3 Å². The van der Waals surface area contributed by atoms with Gasteiger partial charge in [-0.2, -0.15) is 10.4 Å². The maximum atomic E-state index is 12.9. The standard InChI is InChI=1S/C20H17ClN6O/c1-2-12(10-22)19(28)20-26-25-16-11-23-17(13-6-4-3-5-7-13)18-14(27(16)20)8-9-15(21)24-18/h3-9,12,20,26H,2,11H2,1H3. The van der Waals surface area contributed by atoms with Crippen LogP contribution in [0.25, 0.3) is 0 Å². The summed E-state index contributed by atoms with van der Waals surface area (Å²) >= 11 is 6.18. The number of anilines is 1. The largest absolute Gasteiger partial charge is 0.295 e. The minimum absolute atomic E-state index is 0.229. The number of hydrogen-bond acceptors (Lipinski definition) is 7. The monoisotopic (exact) mass is 392 g/mol. The molecule has 0 spiro atoms. The third-order valence-corrected chi connectivity index (χ3v) is 4.99. The van der Waals surface area contributed by atoms with Crippen LogP contribution in [0.4, 0.5) is 5.69 Å². The van der Waals surface area contributed by atoms with Gasteiger partial charge in [-0.25, -0.2) is 4.98 Å². The Morgan fingerprint density at radius 3 is 2.86 bits per heavy atom. The zero-order chi connectivity index (χ0) is 19.7. The Hall–Kier alpha value is -3.24. The van der Waals surface area contributed by atoms with Crippen molar-refractivity contribution in [2.45, 2.75) is 19.5 Å². The van der Waals surface area contributed by atoms with Crippen LogP contribution in [-0.2, 0) is 4.79 Å². The van der Waals surface area contributed by atoms with E-state index < -0.39 is 12.1 Å². The summed E-state index contributed by atoms with van der Waals surface area (Å²) < 4.78 is 0. The van der Waals surface area contributed by atoms with E-state index in [1.807, 2.05) is 43.3 Å². The summed E-state index contributed by atoms with van der Waals surface area (Å²) in [6, 6.07) is 15.3. The van der Waals surface area contributed by atoms with Gasteiger partial charge in [0.2, 0.25) is 0 Å². The zero-order valence-electron chi connectivity index (χ0n) is 15.1. The van der Waals surface area contributed by atoms with Gasteiger partial charge in [0.15, 0.2) is 17.8 Å². The molecule has 2 aliphatic rings. The Morgan fingerprint density at radius 2 is 2.14 bits per heavy atom. The summed E-state index contributed by atoms with van der Waals surface area (Å²) in [6.45, 7) is 2.09. The number of aromatic nitrogens is 1. The number of pyridine rings is 1. The molecule has 2 unspecified atom stereocenters. The fourth-order valence-electron chi connectivity index (χ4n) is 3.37. The van der Waals surface area contributed by atoms with Crippen LogP contribution >= 0.6 is 11.6 Å². The molecule has 0 aliphatic carbocycles. The molecule has 1 N–H and O–H groups in total. The second-order valence-corrected chi connectivity index (χ2v) is 6.84. The number of aliphatic imine (C=N–C) groups is 1. The maximum absolute atomic E-state index is 12.9. The Morgan fingerprint density at radius 1 is 1.36 bits per heavy atom. The Kier molecular flexibility index (Phi) is 4.80. The molecule has 0 radical (unpaired) electrons. The van der Waals surface area contributed by atoms with Crippen LogP contribution in [0, 0.1) is 17.2 Å². The molecule has 1 aromatic carbocycles. The molecule has 3 heterocycles. The number of halogens is 1. The summed E-state index contributed by atoms with van der Waals surface area (Å²) in [4.78, 5) is 23.9. The summed E-state index contributed by atoms with van der Waals surface area (Å²) in [5.74, 6) is -0.344. The first kappa shape index (κ1) is 18.1. The van der Waals surface area contributed by atoms with Gasteiger partial charge < -0.3 is 0 Å². The van der Waals surface area contributed by atoms with Gasteiger partial charge in [-0.15, -0.1) is 0 Å². The van der Waals surface area contributed by atoms with E-state index >= 15 is 0 Å². The maximum Gasteiger partial charge on any atom is 0.194 e. The van der Waals surface area contributed by atoms with E-state index in [4.69, 9.17) is 16.6 Å². The van der Waals surface area contributed by atoms with E-state index in [0.29, 0.717) is 34.5 Å². The average Bonchev–Trinajstić information content (AvgIpc) is 3.07. The van der Waals surface area contributed by atoms with E-state index in [0.717, 1.165) is 5.56 Å². The summed E-state index contributed by atoms with van der Waals surface area (Å²) in [7, 11) is 0. The van der Waals surface area contributed by atoms with Gasteiger partial charge in [-0.3, -0.25) is 20.1 Å². The van der Waals surface area contributed by atoms with Crippen molar-refractivity contribution in [2.24, 2.45) is 16.0 Å². The van der Waals surface area contributed by atoms with Crippen molar-refractivity contribution in [3.8, 4) is 6.07 Å². The predicted molar refractivity (Wildman–Crippen MR) is 107 cm³/mol. The second-order valence-electron chi connectivity index (χ2n) is 6.45. The van der Waals surface area contributed by atoms with Crippen LogP contribution in [-0.4, -0.2) is 35.0 Å². The normalized spacial score (nSPS) is 18.6. The van der Waals surface area contributed by atoms with Crippen LogP contribution in [0.5, 0.6) is 0 Å². The van der Waals surface area contributed by atoms with E-state index in [-0.39, 0.29) is 12.3 Å². The van der Waals surface area contributed by atoms with Crippen LogP contribution in [0.1, 0.15) is 24.6 Å². The van der Waals surface area contributed by atoms with Gasteiger partial charge in [0.25, 0.3) is 0 Å². The molecule has 2 aromatic rings. The second kappa shape index (κ2) is 7.41. The molecular weight excluding hydrogens is 376 g/mol. The Balaban J connectivity index is 1.83. The number of hydrazone groups is 1. The molecule has 2 aliphatic heterocycles. The van der Waals surface area contributed by atoms with E-state index in [9.17, 15) is 10.1 Å². The number of nitrogens with one attached hydrogen (secondary N) is 1. The number of benzene rings is 1. The number of carbonyl (C=O) groups excluding carboxylic acids is 1. The lowest BCUT2D eigenvalue weighted by Crippen LogP contribution is -2.49. The summed E-state index contributed by atoms with van der Waals surface area (Å²) in [6.07, 6.45) is -0.333. The number of fused-ring (bicyclic) bond motifs is 3. The number of amidine groups is 1. The molecular formula is C20H17ClN6O. The molecule has 0 amide bonds. The topological polar surface area (TPSA) is 93.7 Å². The lowest BCUT2D eigenvalue weighted by molar-refractivity contribution is -0.123. The molecule has 140 valence electrons. The molecule has 8 heteroatoms. The number of ketones is 1. The molecule has 0 saturated carbocycles. The first-order chi connectivity index (χ1) is 13.6. The lowest BCUT2D eigenvalue weighted by atomic mass is 9.99. The number of carbonyl (C=O) groups is 1. The van der Waals surface area contributed by atoms with Gasteiger partial charge in [0.1, 0.15) is 16.8 Å². The van der Waals surface area contributed by atoms with E-state index in [2.05, 4.69) is 21.6 Å². The van der Waals surface area contributed by atoms with Crippen molar-refractivity contribution < 1.29 is 4.79 Å². The molecule has 7 nitrogen and oxygen atoms in total. The first-order valence-electron chi connectivity index (χ1n) is 8.95. The summed E-state index contributed by atoms with van der Waals surface area (Å²) in [5, 5.41) is 14.0. The molecule has 28 heavy (non-hydrogen) atoms. The molecule has 0 saturated heterocycles. The highest BCUT2D eigenvalue weighted by Crippen LogP contribution is 2.31. The molecule has 2 atom stereocenters. The SMILES string of the molecule is CCC(C#N)C(=O)C1NN=C2CN=C(c3ccccc3)c3nc(Cl)ccc3N21. The van der Waals surface area contributed by atoms with Crippen LogP contribution in [0.2, 0.25) is 5.15 Å². The molecule has 4 rings (SSSR count). The van der Waals surface area contributed by atoms with E-state index in [1.165, 1.54) is 0 Å². The van der Waals surface area contributed by atoms with Gasteiger partial charge >= 0.3 is 0 Å². The number of rotatable bonds is 4. The number of hydrogen-bond donors (Lipinski definition) is 1. The minimum atomic E-state index is -0.772. The van der Waals surface area contributed by atoms with E-state index in [1.54, 1.807) is 11.0 Å². The lowest BCUT2D eigenvalue weighted by Gasteiger charge is -2.27. The van der Waals surface area contributed by atoms with Gasteiger partial charge in [-0.1, -0.05) is 48.9 Å². The third kappa shape index (κ3) is 3.02. The van der Waals surface area contributed by atoms with Gasteiger partial charge in [0.05, 0.1) is 24.0 Å². The minimum Gasteiger partial charge on any atom is -0.295 e. The zero-order valence-corrected chi connectivity index (χ0v) is 15.9. The Labute approximate surface area is 167 Å². The Bertz CT molecular complexity index is 1030. The quantitative estimate of drug-likeness (QED) is 0.807. The summed E-state index contributed by atoms with van der Waals surface area (Å²) in [5.41, 5.74) is 5.72. The number of nitriles is 1. The highest BCUT2D eigenvalue weighted by molar-refractivity contribution is 6.30. The fourth-order valence-corrected chi connectivity index (χ4v) is 3.52. The number of Topliss-reactive ketones (excluding diaryl/α,β-unsaturated/α-hetero) is 1. The highest BCUT2D eigenvalue weighted by Gasteiger charge is 2.40. The third-order valence-electron chi connectivity index (χ3n) is 4.78. The van der Waals surface area contributed by atoms with Crippen molar-refractivity contribution in [1.82, 2.24) is 10.4 Å².